The van der Waals surface area contributed by atoms with E-state index in [-0.39, 0.29) is 18.4 Å². The topological polar surface area (TPSA) is 114 Å². The number of likely N-dealkylation sites (tertiary alicyclic amines) is 1. The van der Waals surface area contributed by atoms with Crippen molar-refractivity contribution in [1.29, 1.82) is 0 Å². The number of nitro benzene ring substituents is 1. The minimum atomic E-state index is -0.891. The first-order valence-corrected chi connectivity index (χ1v) is 7.98. The molecule has 9 nitrogen and oxygen atoms in total. The van der Waals surface area contributed by atoms with Gasteiger partial charge in [-0.1, -0.05) is 5.16 Å². The van der Waals surface area contributed by atoms with Crippen molar-refractivity contribution in [3.63, 3.8) is 0 Å². The molecule has 0 spiro atoms. The van der Waals surface area contributed by atoms with Gasteiger partial charge < -0.3 is 19.6 Å². The highest BCUT2D eigenvalue weighted by molar-refractivity contribution is 5.98. The highest BCUT2D eigenvalue weighted by Gasteiger charge is 2.22. The van der Waals surface area contributed by atoms with Crippen LogP contribution >= 0.6 is 0 Å². The van der Waals surface area contributed by atoms with Crippen molar-refractivity contribution >= 4 is 17.5 Å². The van der Waals surface area contributed by atoms with E-state index >= 15 is 0 Å². The summed E-state index contributed by atoms with van der Waals surface area (Å²) in [5, 5.41) is 23.5. The van der Waals surface area contributed by atoms with Gasteiger partial charge in [-0.3, -0.25) is 10.1 Å². The van der Waals surface area contributed by atoms with Crippen LogP contribution in [0.1, 0.15) is 25.3 Å². The van der Waals surface area contributed by atoms with Crippen LogP contribution in [0, 0.1) is 10.1 Å². The average molecular weight is 351 g/mol. The van der Waals surface area contributed by atoms with Crippen molar-refractivity contribution in [2.45, 2.75) is 25.9 Å². The Hall–Kier alpha value is -2.68. The number of carboxylic acid groups (broad SMARTS) is 1. The van der Waals surface area contributed by atoms with E-state index in [9.17, 15) is 14.9 Å². The summed E-state index contributed by atoms with van der Waals surface area (Å²) in [4.78, 5) is 27.6. The maximum Gasteiger partial charge on any atom is 0.407 e. The third kappa shape index (κ3) is 5.71. The number of nitro groups is 1. The van der Waals surface area contributed by atoms with Gasteiger partial charge in [0.1, 0.15) is 6.61 Å². The van der Waals surface area contributed by atoms with Gasteiger partial charge in [0.2, 0.25) is 0 Å². The lowest BCUT2D eigenvalue weighted by Crippen LogP contribution is -2.40. The first-order chi connectivity index (χ1) is 12.0. The van der Waals surface area contributed by atoms with Crippen LogP contribution < -0.4 is 0 Å². The number of piperidine rings is 1. The Morgan fingerprint density at radius 2 is 1.96 bits per heavy atom. The molecule has 9 heteroatoms. The van der Waals surface area contributed by atoms with E-state index in [4.69, 9.17) is 14.7 Å². The minimum absolute atomic E-state index is 0.0276. The summed E-state index contributed by atoms with van der Waals surface area (Å²) >= 11 is 0. The minimum Gasteiger partial charge on any atom is -0.465 e. The van der Waals surface area contributed by atoms with Crippen molar-refractivity contribution in [3.05, 3.63) is 39.9 Å². The molecule has 1 fully saturated rings. The molecule has 1 N–H and O–H groups in total. The second-order valence-electron chi connectivity index (χ2n) is 5.65. The van der Waals surface area contributed by atoms with Crippen LogP contribution in [0.15, 0.2) is 29.4 Å². The zero-order valence-electron chi connectivity index (χ0n) is 14.0. The van der Waals surface area contributed by atoms with E-state index in [0.29, 0.717) is 38.2 Å². The number of benzene rings is 1. The fourth-order valence-corrected chi connectivity index (χ4v) is 2.49. The maximum atomic E-state index is 10.8. The molecule has 1 saturated heterocycles. The summed E-state index contributed by atoms with van der Waals surface area (Å²) in [5.41, 5.74) is 1.39. The molecule has 2 rings (SSSR count). The van der Waals surface area contributed by atoms with Crippen LogP contribution in [0.25, 0.3) is 0 Å². The molecular weight excluding hydrogens is 330 g/mol. The standard InChI is InChI=1S/C16H21N3O6/c1-12(13-2-4-14(5-3-13)19(22)23)17-25-11-10-24-15-6-8-18(9-7-15)16(20)21/h2-5,15H,6-11H2,1H3,(H,20,21)/b17-12-. The van der Waals surface area contributed by atoms with E-state index in [2.05, 4.69) is 5.16 Å². The van der Waals surface area contributed by atoms with E-state index in [0.717, 1.165) is 5.56 Å². The van der Waals surface area contributed by atoms with Crippen LogP contribution in [0.5, 0.6) is 0 Å². The molecule has 1 amide bonds. The SMILES string of the molecule is C/C(=N/OCCOC1CCN(C(=O)O)CC1)c1ccc([N+](=O)[O-])cc1. The van der Waals surface area contributed by atoms with Crippen molar-refractivity contribution in [2.75, 3.05) is 26.3 Å². The van der Waals surface area contributed by atoms with Gasteiger partial charge in [-0.2, -0.15) is 0 Å². The molecule has 0 aromatic heterocycles. The Morgan fingerprint density at radius 1 is 1.32 bits per heavy atom. The van der Waals surface area contributed by atoms with Crippen LogP contribution in [0.4, 0.5) is 10.5 Å². The number of ether oxygens (including phenoxy) is 1. The van der Waals surface area contributed by atoms with E-state index in [1.807, 2.05) is 0 Å². The number of rotatable bonds is 7. The molecule has 1 aromatic carbocycles. The normalized spacial score (nSPS) is 15.9. The fraction of sp³-hybridized carbons (Fsp3) is 0.500. The van der Waals surface area contributed by atoms with Crippen molar-refractivity contribution in [3.8, 4) is 0 Å². The predicted molar refractivity (Wildman–Crippen MR) is 89.8 cm³/mol. The molecular formula is C16H21N3O6. The monoisotopic (exact) mass is 351 g/mol. The highest BCUT2D eigenvalue weighted by atomic mass is 16.6. The summed E-state index contributed by atoms with van der Waals surface area (Å²) < 4.78 is 5.65. The zero-order chi connectivity index (χ0) is 18.2. The lowest BCUT2D eigenvalue weighted by atomic mass is 10.1. The maximum absolute atomic E-state index is 10.8. The first kappa shape index (κ1) is 18.7. The molecule has 0 bridgehead atoms. The molecule has 0 unspecified atom stereocenters. The van der Waals surface area contributed by atoms with Gasteiger partial charge in [0.15, 0.2) is 0 Å². The number of hydrogen-bond donors (Lipinski definition) is 1. The Kier molecular flexibility index (Phi) is 6.70. The average Bonchev–Trinajstić information content (AvgIpc) is 2.61. The Balaban J connectivity index is 1.67. The molecule has 1 aromatic rings. The van der Waals surface area contributed by atoms with Crippen molar-refractivity contribution < 1.29 is 24.4 Å². The number of oxime groups is 1. The number of non-ortho nitro benzene ring substituents is 1. The number of hydrogen-bond acceptors (Lipinski definition) is 6. The van der Waals surface area contributed by atoms with Gasteiger partial charge >= 0.3 is 6.09 Å². The molecule has 0 saturated carbocycles. The second kappa shape index (κ2) is 8.97. The molecule has 1 aliphatic rings. The molecule has 25 heavy (non-hydrogen) atoms. The molecule has 0 atom stereocenters. The Bertz CT molecular complexity index is 623. The lowest BCUT2D eigenvalue weighted by Gasteiger charge is -2.29. The summed E-state index contributed by atoms with van der Waals surface area (Å²) in [7, 11) is 0. The largest absolute Gasteiger partial charge is 0.465 e. The van der Waals surface area contributed by atoms with Crippen molar-refractivity contribution in [2.24, 2.45) is 5.16 Å². The van der Waals surface area contributed by atoms with Gasteiger partial charge in [0.05, 0.1) is 23.3 Å². The second-order valence-corrected chi connectivity index (χ2v) is 5.65. The third-order valence-electron chi connectivity index (χ3n) is 3.94. The van der Waals surface area contributed by atoms with Crippen LogP contribution in [0.3, 0.4) is 0 Å². The third-order valence-corrected chi connectivity index (χ3v) is 3.94. The molecule has 0 radical (unpaired) electrons. The van der Waals surface area contributed by atoms with E-state index in [1.165, 1.54) is 17.0 Å². The van der Waals surface area contributed by atoms with E-state index < -0.39 is 11.0 Å². The van der Waals surface area contributed by atoms with Gasteiger partial charge in [0.25, 0.3) is 5.69 Å². The fourth-order valence-electron chi connectivity index (χ4n) is 2.49. The quantitative estimate of drug-likeness (QED) is 0.349. The van der Waals surface area contributed by atoms with Crippen LogP contribution in [-0.4, -0.2) is 59.1 Å². The highest BCUT2D eigenvalue weighted by Crippen LogP contribution is 2.14. The van der Waals surface area contributed by atoms with Gasteiger partial charge in [0, 0.05) is 25.2 Å². The first-order valence-electron chi connectivity index (χ1n) is 7.98. The molecule has 0 aliphatic carbocycles. The summed E-state index contributed by atoms with van der Waals surface area (Å²) in [6.07, 6.45) is 0.506. The molecule has 136 valence electrons. The molecule has 1 heterocycles. The van der Waals surface area contributed by atoms with Crippen molar-refractivity contribution in [1.82, 2.24) is 4.90 Å². The molecule has 1 aliphatic heterocycles. The summed E-state index contributed by atoms with van der Waals surface area (Å²) in [6.45, 7) is 3.37. The smallest absolute Gasteiger partial charge is 0.407 e. The van der Waals surface area contributed by atoms with Gasteiger partial charge in [-0.25, -0.2) is 4.79 Å². The Morgan fingerprint density at radius 3 is 2.52 bits per heavy atom. The van der Waals surface area contributed by atoms with Gasteiger partial charge in [-0.15, -0.1) is 0 Å². The lowest BCUT2D eigenvalue weighted by molar-refractivity contribution is -0.384. The zero-order valence-corrected chi connectivity index (χ0v) is 14.0. The Labute approximate surface area is 145 Å². The van der Waals surface area contributed by atoms with E-state index in [1.54, 1.807) is 19.1 Å². The van der Waals surface area contributed by atoms with Crippen LogP contribution in [-0.2, 0) is 9.57 Å². The van der Waals surface area contributed by atoms with Gasteiger partial charge in [-0.05, 0) is 37.5 Å². The van der Waals surface area contributed by atoms with Crippen LogP contribution in [0.2, 0.25) is 0 Å². The predicted octanol–water partition coefficient (Wildman–Crippen LogP) is 2.49. The number of nitrogens with zero attached hydrogens (tertiary/aromatic N) is 3. The summed E-state index contributed by atoms with van der Waals surface area (Å²) in [6, 6.07) is 6.07. The number of amides is 1. The number of carbonyl (C=O) groups is 1. The summed E-state index contributed by atoms with van der Waals surface area (Å²) in [5.74, 6) is 0.